The molecule has 2 atom stereocenters. The SMILES string of the molecule is Cc1noc(C)c1C(C)NC(=O)NC(=O)C(C)Cl. The molecule has 1 aromatic heterocycles. The number of aryl methyl sites for hydroxylation is 2. The molecule has 0 bridgehead atoms. The van der Waals surface area contributed by atoms with Crippen molar-refractivity contribution in [1.29, 1.82) is 0 Å². The van der Waals surface area contributed by atoms with Crippen LogP contribution in [-0.2, 0) is 4.79 Å². The fraction of sp³-hybridized carbons (Fsp3) is 0.545. The van der Waals surface area contributed by atoms with Crippen LogP contribution in [0.1, 0.15) is 36.9 Å². The Bertz CT molecular complexity index is 437. The molecular weight excluding hydrogens is 258 g/mol. The molecule has 18 heavy (non-hydrogen) atoms. The number of amides is 3. The minimum Gasteiger partial charge on any atom is -0.361 e. The number of nitrogens with one attached hydrogen (secondary N) is 2. The number of rotatable bonds is 3. The Kier molecular flexibility index (Phi) is 4.72. The lowest BCUT2D eigenvalue weighted by Crippen LogP contribution is -2.43. The zero-order valence-electron chi connectivity index (χ0n) is 10.7. The summed E-state index contributed by atoms with van der Waals surface area (Å²) in [6.07, 6.45) is 0. The highest BCUT2D eigenvalue weighted by molar-refractivity contribution is 6.31. The smallest absolute Gasteiger partial charge is 0.321 e. The summed E-state index contributed by atoms with van der Waals surface area (Å²) in [4.78, 5) is 22.8. The molecule has 3 amide bonds. The molecule has 1 heterocycles. The predicted molar refractivity (Wildman–Crippen MR) is 66.4 cm³/mol. The maximum Gasteiger partial charge on any atom is 0.321 e. The highest BCUT2D eigenvalue weighted by atomic mass is 35.5. The quantitative estimate of drug-likeness (QED) is 0.823. The van der Waals surface area contributed by atoms with Gasteiger partial charge in [0.1, 0.15) is 11.1 Å². The monoisotopic (exact) mass is 273 g/mol. The topological polar surface area (TPSA) is 84.2 Å². The van der Waals surface area contributed by atoms with Gasteiger partial charge in [-0.25, -0.2) is 4.79 Å². The van der Waals surface area contributed by atoms with E-state index in [1.165, 1.54) is 6.92 Å². The van der Waals surface area contributed by atoms with Gasteiger partial charge in [0.15, 0.2) is 0 Å². The number of hydrogen-bond donors (Lipinski definition) is 2. The summed E-state index contributed by atoms with van der Waals surface area (Å²) in [7, 11) is 0. The van der Waals surface area contributed by atoms with Gasteiger partial charge in [-0.15, -0.1) is 11.6 Å². The third kappa shape index (κ3) is 3.46. The van der Waals surface area contributed by atoms with E-state index in [4.69, 9.17) is 16.1 Å². The molecule has 1 aromatic rings. The van der Waals surface area contributed by atoms with Gasteiger partial charge in [-0.1, -0.05) is 5.16 Å². The number of halogens is 1. The van der Waals surface area contributed by atoms with E-state index in [9.17, 15) is 9.59 Å². The first-order valence-electron chi connectivity index (χ1n) is 5.51. The summed E-state index contributed by atoms with van der Waals surface area (Å²) in [6, 6.07) is -0.908. The molecule has 100 valence electrons. The van der Waals surface area contributed by atoms with Gasteiger partial charge in [-0.05, 0) is 27.7 Å². The second-order valence-corrected chi connectivity index (χ2v) is 4.69. The van der Waals surface area contributed by atoms with Gasteiger partial charge >= 0.3 is 6.03 Å². The molecule has 0 aliphatic heterocycles. The Morgan fingerprint density at radius 1 is 1.33 bits per heavy atom. The largest absolute Gasteiger partial charge is 0.361 e. The van der Waals surface area contributed by atoms with Crippen LogP contribution in [0.25, 0.3) is 0 Å². The molecule has 1 rings (SSSR count). The third-order valence-electron chi connectivity index (χ3n) is 2.47. The number of imide groups is 1. The molecule has 0 fully saturated rings. The van der Waals surface area contributed by atoms with Crippen molar-refractivity contribution in [3.63, 3.8) is 0 Å². The van der Waals surface area contributed by atoms with Gasteiger partial charge in [-0.2, -0.15) is 0 Å². The first-order valence-corrected chi connectivity index (χ1v) is 5.94. The number of nitrogens with zero attached hydrogens (tertiary/aromatic N) is 1. The van der Waals surface area contributed by atoms with E-state index in [1.807, 2.05) is 0 Å². The van der Waals surface area contributed by atoms with Crippen LogP contribution in [0.4, 0.5) is 4.79 Å². The Morgan fingerprint density at radius 3 is 2.39 bits per heavy atom. The number of aromatic nitrogens is 1. The van der Waals surface area contributed by atoms with Crippen LogP contribution in [0.3, 0.4) is 0 Å². The molecule has 0 saturated carbocycles. The molecule has 0 aliphatic carbocycles. The van der Waals surface area contributed by atoms with Crippen LogP contribution in [-0.4, -0.2) is 22.5 Å². The minimum absolute atomic E-state index is 0.310. The third-order valence-corrected chi connectivity index (χ3v) is 2.67. The Hall–Kier alpha value is -1.56. The lowest BCUT2D eigenvalue weighted by molar-refractivity contribution is -0.119. The van der Waals surface area contributed by atoms with Gasteiger partial charge in [0.05, 0.1) is 11.7 Å². The van der Waals surface area contributed by atoms with Crippen LogP contribution in [0.5, 0.6) is 0 Å². The van der Waals surface area contributed by atoms with Gasteiger partial charge in [0.25, 0.3) is 0 Å². The van der Waals surface area contributed by atoms with Gasteiger partial charge in [0, 0.05) is 5.56 Å². The first kappa shape index (κ1) is 14.5. The van der Waals surface area contributed by atoms with Crippen molar-refractivity contribution in [2.24, 2.45) is 0 Å². The van der Waals surface area contributed by atoms with Crippen molar-refractivity contribution in [2.45, 2.75) is 39.1 Å². The molecule has 2 N–H and O–H groups in total. The molecule has 0 aromatic carbocycles. The average Bonchev–Trinajstić information content (AvgIpc) is 2.57. The fourth-order valence-electron chi connectivity index (χ4n) is 1.62. The van der Waals surface area contributed by atoms with E-state index in [-0.39, 0.29) is 6.04 Å². The Balaban J connectivity index is 2.63. The summed E-state index contributed by atoms with van der Waals surface area (Å²) >= 11 is 5.54. The maximum atomic E-state index is 11.5. The first-order chi connectivity index (χ1) is 8.32. The Labute approximate surface area is 110 Å². The molecule has 6 nitrogen and oxygen atoms in total. The molecule has 0 spiro atoms. The standard InChI is InChI=1S/C11H16ClN3O3/c1-5(12)10(16)14-11(17)13-6(2)9-7(3)15-18-8(9)4/h5-6H,1-4H3,(H2,13,14,16,17). The van der Waals surface area contributed by atoms with Crippen molar-refractivity contribution in [1.82, 2.24) is 15.8 Å². The number of carbonyl (C=O) groups is 2. The summed E-state index contributed by atoms with van der Waals surface area (Å²) in [5.74, 6) is 0.0949. The highest BCUT2D eigenvalue weighted by Gasteiger charge is 2.20. The van der Waals surface area contributed by atoms with Crippen LogP contribution >= 0.6 is 11.6 Å². The van der Waals surface area contributed by atoms with Crippen LogP contribution in [0, 0.1) is 13.8 Å². The van der Waals surface area contributed by atoms with Crippen molar-refractivity contribution in [2.75, 3.05) is 0 Å². The molecule has 2 unspecified atom stereocenters. The molecular formula is C11H16ClN3O3. The van der Waals surface area contributed by atoms with Crippen LogP contribution < -0.4 is 10.6 Å². The normalized spacial score (nSPS) is 13.8. The van der Waals surface area contributed by atoms with Crippen molar-refractivity contribution < 1.29 is 14.1 Å². The van der Waals surface area contributed by atoms with Crippen molar-refractivity contribution in [3.8, 4) is 0 Å². The molecule has 0 aliphatic rings. The maximum absolute atomic E-state index is 11.5. The van der Waals surface area contributed by atoms with Crippen molar-refractivity contribution in [3.05, 3.63) is 17.0 Å². The van der Waals surface area contributed by atoms with E-state index in [0.717, 1.165) is 5.56 Å². The number of hydrogen-bond acceptors (Lipinski definition) is 4. The van der Waals surface area contributed by atoms with E-state index in [1.54, 1.807) is 20.8 Å². The molecule has 7 heteroatoms. The average molecular weight is 274 g/mol. The van der Waals surface area contributed by atoms with Crippen LogP contribution in [0.2, 0.25) is 0 Å². The predicted octanol–water partition coefficient (Wildman–Crippen LogP) is 1.81. The number of carbonyl (C=O) groups excluding carboxylic acids is 2. The molecule has 0 saturated heterocycles. The Morgan fingerprint density at radius 2 is 1.94 bits per heavy atom. The summed E-state index contributed by atoms with van der Waals surface area (Å²) in [5.41, 5.74) is 1.51. The molecule has 0 radical (unpaired) electrons. The van der Waals surface area contributed by atoms with Crippen molar-refractivity contribution >= 4 is 23.5 Å². The summed E-state index contributed by atoms with van der Waals surface area (Å²) < 4.78 is 5.01. The zero-order chi connectivity index (χ0) is 13.9. The van der Waals surface area contributed by atoms with E-state index < -0.39 is 17.3 Å². The lowest BCUT2D eigenvalue weighted by atomic mass is 10.1. The van der Waals surface area contributed by atoms with Crippen LogP contribution in [0.15, 0.2) is 4.52 Å². The van der Waals surface area contributed by atoms with Gasteiger partial charge in [-0.3, -0.25) is 10.1 Å². The second kappa shape index (κ2) is 5.86. The number of urea groups is 1. The van der Waals surface area contributed by atoms with Gasteiger partial charge in [0.2, 0.25) is 5.91 Å². The fourth-order valence-corrected chi connectivity index (χ4v) is 1.68. The summed E-state index contributed by atoms with van der Waals surface area (Å²) in [6.45, 7) is 6.81. The zero-order valence-corrected chi connectivity index (χ0v) is 11.5. The van der Waals surface area contributed by atoms with E-state index >= 15 is 0 Å². The van der Waals surface area contributed by atoms with Gasteiger partial charge < -0.3 is 9.84 Å². The highest BCUT2D eigenvalue weighted by Crippen LogP contribution is 2.20. The lowest BCUT2D eigenvalue weighted by Gasteiger charge is -2.14. The second-order valence-electron chi connectivity index (χ2n) is 4.04. The number of alkyl halides is 1. The van der Waals surface area contributed by atoms with E-state index in [0.29, 0.717) is 11.5 Å². The summed E-state index contributed by atoms with van der Waals surface area (Å²) in [5, 5.41) is 7.80. The van der Waals surface area contributed by atoms with E-state index in [2.05, 4.69) is 15.8 Å². The minimum atomic E-state index is -0.759.